The maximum absolute atomic E-state index is 12.0. The van der Waals surface area contributed by atoms with E-state index in [1.165, 1.54) is 5.56 Å². The highest BCUT2D eigenvalue weighted by molar-refractivity contribution is 7.98. The first-order chi connectivity index (χ1) is 10.7. The Morgan fingerprint density at radius 1 is 1.23 bits per heavy atom. The first kappa shape index (κ1) is 16.7. The average Bonchev–Trinajstić information content (AvgIpc) is 2.53. The molecule has 0 saturated carbocycles. The number of rotatable bonds is 7. The van der Waals surface area contributed by atoms with Crippen LogP contribution >= 0.6 is 23.4 Å². The summed E-state index contributed by atoms with van der Waals surface area (Å²) < 4.78 is 5.21. The van der Waals surface area contributed by atoms with Gasteiger partial charge >= 0.3 is 0 Å². The molecule has 3 nitrogen and oxygen atoms in total. The van der Waals surface area contributed by atoms with Crippen LogP contribution in [0.2, 0.25) is 5.02 Å². The minimum atomic E-state index is -0.0406. The zero-order valence-corrected chi connectivity index (χ0v) is 13.9. The van der Waals surface area contributed by atoms with Crippen LogP contribution in [0.3, 0.4) is 0 Å². The van der Waals surface area contributed by atoms with Crippen LogP contribution in [0.25, 0.3) is 0 Å². The van der Waals surface area contributed by atoms with Gasteiger partial charge in [0.15, 0.2) is 0 Å². The van der Waals surface area contributed by atoms with Crippen molar-refractivity contribution in [3.63, 3.8) is 0 Å². The van der Waals surface area contributed by atoms with Gasteiger partial charge < -0.3 is 10.1 Å². The minimum absolute atomic E-state index is 0.0406. The number of amides is 1. The molecule has 0 atom stereocenters. The molecular formula is C17H18ClNO2S. The number of methoxy groups -OCH3 is 1. The Labute approximate surface area is 140 Å². The molecule has 1 N–H and O–H groups in total. The number of hydrogen-bond donors (Lipinski definition) is 1. The van der Waals surface area contributed by atoms with E-state index in [1.54, 1.807) is 37.1 Å². The number of benzene rings is 2. The molecule has 0 spiro atoms. The van der Waals surface area contributed by atoms with Gasteiger partial charge in [0.05, 0.1) is 12.8 Å². The molecule has 0 aliphatic carbocycles. The van der Waals surface area contributed by atoms with Gasteiger partial charge in [-0.1, -0.05) is 41.9 Å². The Hall–Kier alpha value is -1.65. The van der Waals surface area contributed by atoms with Crippen LogP contribution in [-0.2, 0) is 10.5 Å². The number of carbonyl (C=O) groups excluding carboxylic acids is 1. The lowest BCUT2D eigenvalue weighted by Gasteiger charge is -2.10. The van der Waals surface area contributed by atoms with Crippen molar-refractivity contribution in [1.82, 2.24) is 0 Å². The van der Waals surface area contributed by atoms with Gasteiger partial charge in [0, 0.05) is 22.9 Å². The largest absolute Gasteiger partial charge is 0.495 e. The Balaban J connectivity index is 1.77. The number of ether oxygens (including phenoxy) is 1. The molecule has 1 amide bonds. The summed E-state index contributed by atoms with van der Waals surface area (Å²) >= 11 is 7.68. The van der Waals surface area contributed by atoms with E-state index < -0.39 is 0 Å². The lowest BCUT2D eigenvalue weighted by atomic mass is 10.2. The van der Waals surface area contributed by atoms with Crippen LogP contribution in [0.4, 0.5) is 5.69 Å². The van der Waals surface area contributed by atoms with E-state index in [9.17, 15) is 4.79 Å². The molecular weight excluding hydrogens is 318 g/mol. The van der Waals surface area contributed by atoms with Gasteiger partial charge in [-0.15, -0.1) is 0 Å². The molecule has 0 fully saturated rings. The number of anilines is 1. The van der Waals surface area contributed by atoms with E-state index >= 15 is 0 Å². The first-order valence-electron chi connectivity index (χ1n) is 6.94. The van der Waals surface area contributed by atoms with E-state index in [0.29, 0.717) is 22.9 Å². The summed E-state index contributed by atoms with van der Waals surface area (Å²) in [6.07, 6.45) is 0.452. The molecule has 22 heavy (non-hydrogen) atoms. The van der Waals surface area contributed by atoms with Crippen molar-refractivity contribution in [3.8, 4) is 5.75 Å². The van der Waals surface area contributed by atoms with Crippen LogP contribution < -0.4 is 10.1 Å². The smallest absolute Gasteiger partial charge is 0.225 e. The van der Waals surface area contributed by atoms with Gasteiger partial charge in [0.2, 0.25) is 5.91 Å². The highest BCUT2D eigenvalue weighted by Gasteiger charge is 2.08. The normalized spacial score (nSPS) is 10.3. The molecule has 0 radical (unpaired) electrons. The van der Waals surface area contributed by atoms with Crippen LogP contribution in [0, 0.1) is 0 Å². The van der Waals surface area contributed by atoms with Crippen molar-refractivity contribution in [2.45, 2.75) is 12.2 Å². The molecule has 0 aliphatic rings. The van der Waals surface area contributed by atoms with Gasteiger partial charge in [-0.05, 0) is 23.8 Å². The van der Waals surface area contributed by atoms with Crippen molar-refractivity contribution < 1.29 is 9.53 Å². The number of carbonyl (C=O) groups is 1. The molecule has 0 saturated heterocycles. The Morgan fingerprint density at radius 3 is 2.73 bits per heavy atom. The SMILES string of the molecule is COc1ccc(Cl)cc1NC(=O)CCSCc1ccccc1. The molecule has 2 rings (SSSR count). The maximum Gasteiger partial charge on any atom is 0.225 e. The summed E-state index contributed by atoms with van der Waals surface area (Å²) in [6.45, 7) is 0. The number of nitrogens with one attached hydrogen (secondary N) is 1. The lowest BCUT2D eigenvalue weighted by molar-refractivity contribution is -0.115. The van der Waals surface area contributed by atoms with Crippen molar-refractivity contribution in [2.75, 3.05) is 18.2 Å². The first-order valence-corrected chi connectivity index (χ1v) is 8.47. The highest BCUT2D eigenvalue weighted by Crippen LogP contribution is 2.27. The van der Waals surface area contributed by atoms with Crippen molar-refractivity contribution in [3.05, 3.63) is 59.1 Å². The summed E-state index contributed by atoms with van der Waals surface area (Å²) in [5.41, 5.74) is 1.87. The van der Waals surface area contributed by atoms with Crippen LogP contribution in [0.15, 0.2) is 48.5 Å². The predicted octanol–water partition coefficient (Wildman–Crippen LogP) is 4.61. The fourth-order valence-corrected chi connectivity index (χ4v) is 2.99. The summed E-state index contributed by atoms with van der Waals surface area (Å²) in [6, 6.07) is 15.4. The number of thioether (sulfide) groups is 1. The second kappa shape index (κ2) is 8.71. The molecule has 0 aromatic heterocycles. The summed E-state index contributed by atoms with van der Waals surface area (Å²) in [5.74, 6) is 2.24. The minimum Gasteiger partial charge on any atom is -0.495 e. The van der Waals surface area contributed by atoms with Crippen LogP contribution in [0.5, 0.6) is 5.75 Å². The maximum atomic E-state index is 12.0. The van der Waals surface area contributed by atoms with E-state index in [4.69, 9.17) is 16.3 Å². The van der Waals surface area contributed by atoms with Gasteiger partial charge in [-0.2, -0.15) is 11.8 Å². The van der Waals surface area contributed by atoms with Crippen molar-refractivity contribution >= 4 is 35.0 Å². The molecule has 0 heterocycles. The Kier molecular flexibility index (Phi) is 6.62. The third-order valence-electron chi connectivity index (χ3n) is 3.02. The highest BCUT2D eigenvalue weighted by atomic mass is 35.5. The zero-order valence-electron chi connectivity index (χ0n) is 12.3. The number of halogens is 1. The fourth-order valence-electron chi connectivity index (χ4n) is 1.92. The van der Waals surface area contributed by atoms with E-state index in [2.05, 4.69) is 17.4 Å². The lowest BCUT2D eigenvalue weighted by Crippen LogP contribution is -2.13. The zero-order chi connectivity index (χ0) is 15.8. The number of hydrogen-bond acceptors (Lipinski definition) is 3. The second-order valence-electron chi connectivity index (χ2n) is 4.68. The topological polar surface area (TPSA) is 38.3 Å². The monoisotopic (exact) mass is 335 g/mol. The average molecular weight is 336 g/mol. The van der Waals surface area contributed by atoms with Crippen LogP contribution in [-0.4, -0.2) is 18.8 Å². The summed E-state index contributed by atoms with van der Waals surface area (Å²) in [4.78, 5) is 12.0. The van der Waals surface area contributed by atoms with Crippen molar-refractivity contribution in [1.29, 1.82) is 0 Å². The van der Waals surface area contributed by atoms with E-state index in [-0.39, 0.29) is 5.91 Å². The third kappa shape index (κ3) is 5.28. The fraction of sp³-hybridized carbons (Fsp3) is 0.235. The van der Waals surface area contributed by atoms with Crippen LogP contribution in [0.1, 0.15) is 12.0 Å². The summed E-state index contributed by atoms with van der Waals surface area (Å²) in [5, 5.41) is 3.40. The van der Waals surface area contributed by atoms with Gasteiger partial charge in [-0.3, -0.25) is 4.79 Å². The quantitative estimate of drug-likeness (QED) is 0.751. The molecule has 0 unspecified atom stereocenters. The second-order valence-corrected chi connectivity index (χ2v) is 6.22. The molecule has 5 heteroatoms. The van der Waals surface area contributed by atoms with Gasteiger partial charge in [0.25, 0.3) is 0 Å². The van der Waals surface area contributed by atoms with E-state index in [1.807, 2.05) is 18.2 Å². The molecule has 116 valence electrons. The Bertz CT molecular complexity index is 619. The van der Waals surface area contributed by atoms with Gasteiger partial charge in [0.1, 0.15) is 5.75 Å². The Morgan fingerprint density at radius 2 is 2.00 bits per heavy atom. The third-order valence-corrected chi connectivity index (χ3v) is 4.29. The summed E-state index contributed by atoms with van der Waals surface area (Å²) in [7, 11) is 1.56. The van der Waals surface area contributed by atoms with Gasteiger partial charge in [-0.25, -0.2) is 0 Å². The van der Waals surface area contributed by atoms with Crippen molar-refractivity contribution in [2.24, 2.45) is 0 Å². The molecule has 2 aromatic carbocycles. The standard InChI is InChI=1S/C17H18ClNO2S/c1-21-16-8-7-14(18)11-15(16)19-17(20)9-10-22-12-13-5-3-2-4-6-13/h2-8,11H,9-10,12H2,1H3,(H,19,20). The molecule has 2 aromatic rings. The van der Waals surface area contributed by atoms with E-state index in [0.717, 1.165) is 11.5 Å². The molecule has 0 aliphatic heterocycles. The predicted molar refractivity (Wildman–Crippen MR) is 93.9 cm³/mol. The molecule has 0 bridgehead atoms.